The molecule has 3 nitrogen and oxygen atoms in total. The molecule has 0 saturated heterocycles. The third-order valence-corrected chi connectivity index (χ3v) is 2.86. The van der Waals surface area contributed by atoms with Gasteiger partial charge in [0.15, 0.2) is 0 Å². The van der Waals surface area contributed by atoms with Crippen LogP contribution in [0, 0.1) is 5.82 Å². The molecule has 0 atom stereocenters. The van der Waals surface area contributed by atoms with Gasteiger partial charge in [-0.25, -0.2) is 4.39 Å². The lowest BCUT2D eigenvalue weighted by Gasteiger charge is -2.04. The topological polar surface area (TPSA) is 41.8 Å². The Labute approximate surface area is 117 Å². The van der Waals surface area contributed by atoms with Crippen molar-refractivity contribution >= 4 is 5.71 Å². The Balaban J connectivity index is 2.13. The van der Waals surface area contributed by atoms with Gasteiger partial charge < -0.3 is 9.94 Å². The van der Waals surface area contributed by atoms with Crippen LogP contribution in [0.5, 0.6) is 0 Å². The highest BCUT2D eigenvalue weighted by Gasteiger charge is 2.01. The van der Waals surface area contributed by atoms with Crippen LogP contribution in [-0.2, 0) is 4.84 Å². The van der Waals surface area contributed by atoms with Crippen LogP contribution in [-0.4, -0.2) is 24.0 Å². The van der Waals surface area contributed by atoms with Gasteiger partial charge in [-0.2, -0.15) is 0 Å². The summed E-state index contributed by atoms with van der Waals surface area (Å²) in [6.45, 7) is 1.97. The van der Waals surface area contributed by atoms with Crippen molar-refractivity contribution in [1.29, 1.82) is 0 Å². The first-order valence-electron chi connectivity index (χ1n) is 6.34. The largest absolute Gasteiger partial charge is 0.393 e. The third-order valence-electron chi connectivity index (χ3n) is 2.86. The SMILES string of the molecule is C/C(=N/OCCO)c1ccc(-c2ccc(F)cc2)cc1. The third kappa shape index (κ3) is 3.65. The fraction of sp³-hybridized carbons (Fsp3) is 0.188. The van der Waals surface area contributed by atoms with Crippen molar-refractivity contribution in [2.24, 2.45) is 5.16 Å². The van der Waals surface area contributed by atoms with Crippen LogP contribution in [0.3, 0.4) is 0 Å². The maximum absolute atomic E-state index is 12.9. The molecule has 20 heavy (non-hydrogen) atoms. The Morgan fingerprint density at radius 3 is 2.15 bits per heavy atom. The van der Waals surface area contributed by atoms with E-state index in [1.165, 1.54) is 12.1 Å². The van der Waals surface area contributed by atoms with Crippen LogP contribution in [0.2, 0.25) is 0 Å². The van der Waals surface area contributed by atoms with E-state index < -0.39 is 0 Å². The van der Waals surface area contributed by atoms with Gasteiger partial charge in [0.25, 0.3) is 0 Å². The van der Waals surface area contributed by atoms with Crippen molar-refractivity contribution in [2.45, 2.75) is 6.92 Å². The van der Waals surface area contributed by atoms with Gasteiger partial charge in [-0.1, -0.05) is 41.6 Å². The van der Waals surface area contributed by atoms with E-state index in [0.717, 1.165) is 22.4 Å². The number of nitrogens with zero attached hydrogens (tertiary/aromatic N) is 1. The first-order chi connectivity index (χ1) is 9.70. The molecule has 0 radical (unpaired) electrons. The van der Waals surface area contributed by atoms with E-state index in [0.29, 0.717) is 0 Å². The van der Waals surface area contributed by atoms with Gasteiger partial charge >= 0.3 is 0 Å². The summed E-state index contributed by atoms with van der Waals surface area (Å²) in [5, 5.41) is 12.5. The van der Waals surface area contributed by atoms with Crippen LogP contribution in [0.25, 0.3) is 11.1 Å². The van der Waals surface area contributed by atoms with Crippen LogP contribution >= 0.6 is 0 Å². The molecule has 2 aromatic carbocycles. The number of benzene rings is 2. The van der Waals surface area contributed by atoms with Crippen LogP contribution in [0.4, 0.5) is 4.39 Å². The summed E-state index contributed by atoms with van der Waals surface area (Å²) in [6.07, 6.45) is 0. The summed E-state index contributed by atoms with van der Waals surface area (Å²) in [6, 6.07) is 14.1. The zero-order valence-corrected chi connectivity index (χ0v) is 11.2. The van der Waals surface area contributed by atoms with Gasteiger partial charge in [0.2, 0.25) is 0 Å². The molecule has 0 saturated carbocycles. The second-order valence-electron chi connectivity index (χ2n) is 4.32. The Kier molecular flexibility index (Phi) is 4.85. The molecule has 0 fully saturated rings. The van der Waals surface area contributed by atoms with E-state index in [9.17, 15) is 4.39 Å². The quantitative estimate of drug-likeness (QED) is 0.516. The zero-order valence-electron chi connectivity index (χ0n) is 11.2. The molecular weight excluding hydrogens is 257 g/mol. The average Bonchev–Trinajstić information content (AvgIpc) is 2.48. The predicted octanol–water partition coefficient (Wildman–Crippen LogP) is 3.23. The van der Waals surface area contributed by atoms with Crippen molar-refractivity contribution in [1.82, 2.24) is 0 Å². The molecule has 0 amide bonds. The van der Waals surface area contributed by atoms with Gasteiger partial charge in [0.05, 0.1) is 12.3 Å². The molecule has 104 valence electrons. The van der Waals surface area contributed by atoms with E-state index >= 15 is 0 Å². The normalized spacial score (nSPS) is 11.4. The van der Waals surface area contributed by atoms with E-state index in [1.54, 1.807) is 12.1 Å². The number of halogens is 1. The Bertz CT molecular complexity index is 576. The molecule has 1 N–H and O–H groups in total. The Morgan fingerprint density at radius 2 is 1.60 bits per heavy atom. The molecule has 0 bridgehead atoms. The molecule has 4 heteroatoms. The van der Waals surface area contributed by atoms with E-state index in [1.807, 2.05) is 31.2 Å². The summed E-state index contributed by atoms with van der Waals surface area (Å²) in [7, 11) is 0. The molecule has 0 aromatic heterocycles. The van der Waals surface area contributed by atoms with Crippen LogP contribution in [0.1, 0.15) is 12.5 Å². The number of oxime groups is 1. The minimum absolute atomic E-state index is 0.0553. The zero-order chi connectivity index (χ0) is 14.4. The highest BCUT2D eigenvalue weighted by Crippen LogP contribution is 2.20. The predicted molar refractivity (Wildman–Crippen MR) is 77.1 cm³/mol. The van der Waals surface area contributed by atoms with E-state index in [2.05, 4.69) is 5.16 Å². The Morgan fingerprint density at radius 1 is 1.05 bits per heavy atom. The minimum atomic E-state index is -0.241. The maximum atomic E-state index is 12.9. The van der Waals surface area contributed by atoms with E-state index in [-0.39, 0.29) is 19.0 Å². The standard InChI is InChI=1S/C16H16FNO2/c1-12(18-20-11-10-19)13-2-4-14(5-3-13)15-6-8-16(17)9-7-15/h2-9,19H,10-11H2,1H3/b18-12-. The van der Waals surface area contributed by atoms with Crippen LogP contribution < -0.4 is 0 Å². The molecule has 0 aliphatic heterocycles. The monoisotopic (exact) mass is 273 g/mol. The highest BCUT2D eigenvalue weighted by molar-refractivity contribution is 5.98. The van der Waals surface area contributed by atoms with Gasteiger partial charge in [-0.3, -0.25) is 0 Å². The fourth-order valence-electron chi connectivity index (χ4n) is 1.78. The van der Waals surface area contributed by atoms with Crippen molar-refractivity contribution in [3.8, 4) is 11.1 Å². The molecule has 0 aliphatic rings. The van der Waals surface area contributed by atoms with Crippen molar-refractivity contribution in [2.75, 3.05) is 13.2 Å². The van der Waals surface area contributed by atoms with E-state index in [4.69, 9.17) is 9.94 Å². The first kappa shape index (κ1) is 14.2. The summed E-state index contributed by atoms with van der Waals surface area (Å²) in [5.41, 5.74) is 3.65. The van der Waals surface area contributed by atoms with Gasteiger partial charge in [0, 0.05) is 0 Å². The lowest BCUT2D eigenvalue weighted by molar-refractivity contribution is 0.0986. The van der Waals surface area contributed by atoms with Gasteiger partial charge in [-0.15, -0.1) is 0 Å². The maximum Gasteiger partial charge on any atom is 0.140 e. The number of aliphatic hydroxyl groups is 1. The van der Waals surface area contributed by atoms with Gasteiger partial charge in [-0.05, 0) is 35.7 Å². The number of aliphatic hydroxyl groups excluding tert-OH is 1. The van der Waals surface area contributed by atoms with Gasteiger partial charge in [0.1, 0.15) is 12.4 Å². The summed E-state index contributed by atoms with van der Waals surface area (Å²) in [4.78, 5) is 4.92. The summed E-state index contributed by atoms with van der Waals surface area (Å²) in [5.74, 6) is -0.241. The molecule has 0 unspecified atom stereocenters. The highest BCUT2D eigenvalue weighted by atomic mass is 19.1. The minimum Gasteiger partial charge on any atom is -0.393 e. The lowest BCUT2D eigenvalue weighted by atomic mass is 10.0. The van der Waals surface area contributed by atoms with Crippen LogP contribution in [0.15, 0.2) is 53.7 Å². The second kappa shape index (κ2) is 6.82. The lowest BCUT2D eigenvalue weighted by Crippen LogP contribution is -1.99. The van der Waals surface area contributed by atoms with Crippen molar-refractivity contribution in [3.05, 3.63) is 59.9 Å². The Hall–Kier alpha value is -2.20. The molecule has 2 rings (SSSR count). The molecule has 0 heterocycles. The molecular formula is C16H16FNO2. The first-order valence-corrected chi connectivity index (χ1v) is 6.34. The second-order valence-corrected chi connectivity index (χ2v) is 4.32. The number of hydrogen-bond donors (Lipinski definition) is 1. The fourth-order valence-corrected chi connectivity index (χ4v) is 1.78. The summed E-state index contributed by atoms with van der Waals surface area (Å²) < 4.78 is 12.9. The molecule has 2 aromatic rings. The molecule has 0 aliphatic carbocycles. The summed E-state index contributed by atoms with van der Waals surface area (Å²) >= 11 is 0. The number of hydrogen-bond acceptors (Lipinski definition) is 3. The van der Waals surface area contributed by atoms with Crippen molar-refractivity contribution in [3.63, 3.8) is 0 Å². The number of rotatable bonds is 5. The average molecular weight is 273 g/mol. The smallest absolute Gasteiger partial charge is 0.140 e. The van der Waals surface area contributed by atoms with Crippen molar-refractivity contribution < 1.29 is 14.3 Å². The molecule has 0 spiro atoms.